The Labute approximate surface area is 247 Å². The molecule has 5 heteroatoms. The molecule has 1 aliphatic rings. The van der Waals surface area contributed by atoms with E-state index in [1.165, 1.54) is 52.0 Å². The van der Waals surface area contributed by atoms with Crippen molar-refractivity contribution in [1.29, 1.82) is 0 Å². The van der Waals surface area contributed by atoms with Crippen LogP contribution >= 0.6 is 9.69 Å². The first-order valence-electron chi connectivity index (χ1n) is 12.1. The van der Waals surface area contributed by atoms with Crippen LogP contribution in [0.5, 0.6) is 0 Å². The molecule has 0 bridgehead atoms. The zero-order chi connectivity index (χ0) is 28.6. The van der Waals surface area contributed by atoms with Crippen LogP contribution in [0.15, 0.2) is 121 Å². The Morgan fingerprint density at radius 1 is 0.487 bits per heavy atom. The molecule has 39 heavy (non-hydrogen) atoms. The standard InChI is InChI=1S/C32H28N.2CO.ClH.Ru/c1-23(2)33-32-30(26-19-11-5-12-20-26)28(24-15-7-3-8-16-24)29(25-17-9-4-10-18-25)31(32)27-21-13-6-14-22-27;2*1-2;;/h3-23,33H,1-2H3;;;1H;/q;;;;+2/p-1. The maximum atomic E-state index is 7.50. The van der Waals surface area contributed by atoms with Crippen LogP contribution in [0, 0.1) is 43.0 Å². The van der Waals surface area contributed by atoms with E-state index < -0.39 is 0 Å². The Balaban J connectivity index is 0.000000833. The number of hydrogen-bond donors (Lipinski definition) is 1. The average Bonchev–Trinajstić information content (AvgIpc) is 3.36. The Hall–Kier alpha value is -2.77. The predicted molar refractivity (Wildman–Crippen MR) is 150 cm³/mol. The first kappa shape index (κ1) is 32.4. The minimum atomic E-state index is 0.296. The van der Waals surface area contributed by atoms with Crippen molar-refractivity contribution in [1.82, 2.24) is 5.32 Å². The molecule has 0 aromatic heterocycles. The van der Waals surface area contributed by atoms with Gasteiger partial charge in [0.25, 0.3) is 0 Å². The molecular weight excluding hydrogens is 591 g/mol. The van der Waals surface area contributed by atoms with E-state index in [9.17, 15) is 0 Å². The molecule has 4 aromatic rings. The molecule has 1 N–H and O–H groups in total. The summed E-state index contributed by atoms with van der Waals surface area (Å²) in [4.78, 5) is 0. The topological polar surface area (TPSA) is 51.8 Å². The fraction of sp³-hybridized carbons (Fsp3) is 0.0882. The van der Waals surface area contributed by atoms with Gasteiger partial charge in [0.15, 0.2) is 0 Å². The van der Waals surface area contributed by atoms with Crippen LogP contribution in [0.3, 0.4) is 0 Å². The Morgan fingerprint density at radius 2 is 0.718 bits per heavy atom. The van der Waals surface area contributed by atoms with Crippen LogP contribution in [0.4, 0.5) is 0 Å². The molecule has 3 nitrogen and oxygen atoms in total. The molecule has 0 saturated heterocycles. The van der Waals surface area contributed by atoms with Gasteiger partial charge in [0.1, 0.15) is 0 Å². The summed E-state index contributed by atoms with van der Waals surface area (Å²) >= 11 is 1.82. The molecule has 0 spiro atoms. The van der Waals surface area contributed by atoms with Crippen molar-refractivity contribution in [2.45, 2.75) is 19.9 Å². The molecule has 5 radical (unpaired) electrons. The molecule has 195 valence electrons. The molecule has 1 saturated carbocycles. The summed E-state index contributed by atoms with van der Waals surface area (Å²) in [6.45, 7) is 13.4. The number of hydrogen-bond acceptors (Lipinski definition) is 1. The third kappa shape index (κ3) is 8.12. The number of rotatable bonds is 6. The first-order chi connectivity index (χ1) is 19.2. The second-order valence-corrected chi connectivity index (χ2v) is 8.64. The summed E-state index contributed by atoms with van der Waals surface area (Å²) in [5.74, 6) is 5.06. The Morgan fingerprint density at radius 3 is 0.949 bits per heavy atom. The van der Waals surface area contributed by atoms with Gasteiger partial charge < -0.3 is 5.32 Å². The summed E-state index contributed by atoms with van der Waals surface area (Å²) in [5, 5.41) is 3.84. The van der Waals surface area contributed by atoms with E-state index in [-0.39, 0.29) is 0 Å². The summed E-state index contributed by atoms with van der Waals surface area (Å²) in [6.07, 6.45) is 0. The zero-order valence-corrected chi connectivity index (χ0v) is 24.2. The van der Waals surface area contributed by atoms with Gasteiger partial charge >= 0.3 is 49.6 Å². The van der Waals surface area contributed by atoms with E-state index in [1.54, 1.807) is 0 Å². The zero-order valence-electron chi connectivity index (χ0n) is 21.7. The second-order valence-electron chi connectivity index (χ2n) is 8.64. The molecule has 0 atom stereocenters. The second kappa shape index (κ2) is 17.7. The number of halogens is 1. The van der Waals surface area contributed by atoms with Crippen LogP contribution in [-0.4, -0.2) is 6.04 Å². The molecule has 0 aliphatic heterocycles. The van der Waals surface area contributed by atoms with Gasteiger partial charge in [-0.3, -0.25) is 0 Å². The van der Waals surface area contributed by atoms with Crippen molar-refractivity contribution in [3.8, 4) is 0 Å². The van der Waals surface area contributed by atoms with Crippen molar-refractivity contribution in [2.24, 2.45) is 0 Å². The van der Waals surface area contributed by atoms with Crippen LogP contribution in [0.1, 0.15) is 36.1 Å². The van der Waals surface area contributed by atoms with Crippen LogP contribution in [-0.2, 0) is 26.6 Å². The maximum absolute atomic E-state index is 7.50. The van der Waals surface area contributed by atoms with E-state index in [0.717, 1.165) is 0 Å². The molecular formula is C34H28ClNO2Ru+. The molecule has 0 amide bonds. The van der Waals surface area contributed by atoms with Gasteiger partial charge in [0, 0.05) is 29.7 Å². The predicted octanol–water partition coefficient (Wildman–Crippen LogP) is 7.63. The monoisotopic (exact) mass is 619 g/mol. The van der Waals surface area contributed by atoms with E-state index in [4.69, 9.17) is 9.30 Å². The van der Waals surface area contributed by atoms with Crippen molar-refractivity contribution in [2.75, 3.05) is 0 Å². The summed E-state index contributed by atoms with van der Waals surface area (Å²) in [7, 11) is 4.57. The van der Waals surface area contributed by atoms with E-state index in [0.29, 0.717) is 6.04 Å². The van der Waals surface area contributed by atoms with E-state index in [2.05, 4.69) is 163 Å². The molecule has 0 unspecified atom stereocenters. The van der Waals surface area contributed by atoms with Crippen molar-refractivity contribution in [3.05, 3.63) is 187 Å². The van der Waals surface area contributed by atoms with Crippen LogP contribution in [0.25, 0.3) is 0 Å². The molecule has 4 aromatic carbocycles. The minimum absolute atomic E-state index is 0.296. The SMILES string of the molecule is CC(C)N[C]1[C](c2ccccc2)[C](c2ccccc2)[C](c2ccccc2)[C]1c1ccccc1.[C-]#[O+].[C-]#[O+].[Cl][Ru+]. The van der Waals surface area contributed by atoms with Gasteiger partial charge in [-0.25, -0.2) is 0 Å². The Kier molecular flexibility index (Phi) is 14.8. The van der Waals surface area contributed by atoms with Crippen molar-refractivity contribution < 1.29 is 26.6 Å². The Bertz CT molecular complexity index is 1140. The van der Waals surface area contributed by atoms with Gasteiger partial charge in [-0.15, -0.1) is 0 Å². The number of nitrogens with one attached hydrogen (secondary N) is 1. The van der Waals surface area contributed by atoms with E-state index in [1.807, 2.05) is 17.3 Å². The van der Waals surface area contributed by atoms with Gasteiger partial charge in [-0.1, -0.05) is 135 Å². The normalized spacial score (nSPS) is 14.3. The van der Waals surface area contributed by atoms with Crippen LogP contribution < -0.4 is 5.32 Å². The van der Waals surface area contributed by atoms with Crippen molar-refractivity contribution >= 4 is 9.69 Å². The van der Waals surface area contributed by atoms with E-state index >= 15 is 0 Å². The van der Waals surface area contributed by atoms with Crippen LogP contribution in [0.2, 0.25) is 0 Å². The molecule has 0 heterocycles. The van der Waals surface area contributed by atoms with Gasteiger partial charge in [0.2, 0.25) is 0 Å². The van der Waals surface area contributed by atoms with Gasteiger partial charge in [-0.2, -0.15) is 0 Å². The van der Waals surface area contributed by atoms with Gasteiger partial charge in [0.05, 0.1) is 6.04 Å². The number of benzene rings is 4. The average molecular weight is 619 g/mol. The fourth-order valence-electron chi connectivity index (χ4n) is 4.63. The van der Waals surface area contributed by atoms with Gasteiger partial charge in [-0.05, 0) is 22.3 Å². The van der Waals surface area contributed by atoms with Crippen molar-refractivity contribution in [3.63, 3.8) is 0 Å². The molecule has 1 fully saturated rings. The first-order valence-corrected chi connectivity index (χ1v) is 14.4. The molecule has 1 aliphatic carbocycles. The third-order valence-electron chi connectivity index (χ3n) is 5.93. The summed E-state index contributed by atoms with van der Waals surface area (Å²) < 4.78 is 15.0. The summed E-state index contributed by atoms with van der Waals surface area (Å²) in [6, 6.07) is 44.6. The quantitative estimate of drug-likeness (QED) is 0.135. The summed E-state index contributed by atoms with van der Waals surface area (Å²) in [5.41, 5.74) is 4.89. The molecule has 5 rings (SSSR count). The third-order valence-corrected chi connectivity index (χ3v) is 5.93. The fourth-order valence-corrected chi connectivity index (χ4v) is 4.63.